The lowest BCUT2D eigenvalue weighted by Gasteiger charge is -2.24. The number of benzene rings is 1. The van der Waals surface area contributed by atoms with E-state index < -0.39 is 0 Å². The van der Waals surface area contributed by atoms with Crippen LogP contribution in [-0.2, 0) is 4.74 Å². The maximum atomic E-state index is 6.20. The first-order valence-electron chi connectivity index (χ1n) is 6.46. The van der Waals surface area contributed by atoms with Crippen LogP contribution in [0.3, 0.4) is 0 Å². The van der Waals surface area contributed by atoms with E-state index in [0.29, 0.717) is 6.04 Å². The summed E-state index contributed by atoms with van der Waals surface area (Å²) >= 11 is 6.15. The van der Waals surface area contributed by atoms with Crippen molar-refractivity contribution in [3.63, 3.8) is 0 Å². The van der Waals surface area contributed by atoms with E-state index in [4.69, 9.17) is 22.1 Å². The van der Waals surface area contributed by atoms with Crippen LogP contribution >= 0.6 is 11.6 Å². The molecule has 1 aromatic carbocycles. The summed E-state index contributed by atoms with van der Waals surface area (Å²) in [5.74, 6) is 0. The first kappa shape index (κ1) is 13.8. The predicted molar refractivity (Wildman–Crippen MR) is 74.9 cm³/mol. The van der Waals surface area contributed by atoms with Gasteiger partial charge in [-0.1, -0.05) is 29.8 Å². The Bertz CT molecular complexity index is 380. The summed E-state index contributed by atoms with van der Waals surface area (Å²) in [6, 6.07) is 8.36. The summed E-state index contributed by atoms with van der Waals surface area (Å²) in [7, 11) is 2.14. The van der Waals surface area contributed by atoms with E-state index in [2.05, 4.69) is 11.9 Å². The lowest BCUT2D eigenvalue weighted by Crippen LogP contribution is -2.34. The molecule has 100 valence electrons. The Hall–Kier alpha value is -0.610. The van der Waals surface area contributed by atoms with Gasteiger partial charge in [-0.15, -0.1) is 0 Å². The number of halogens is 1. The second-order valence-electron chi connectivity index (χ2n) is 4.91. The number of rotatable bonds is 5. The highest BCUT2D eigenvalue weighted by atomic mass is 35.5. The van der Waals surface area contributed by atoms with Crippen LogP contribution in [0.25, 0.3) is 0 Å². The van der Waals surface area contributed by atoms with Gasteiger partial charge in [-0.3, -0.25) is 0 Å². The van der Waals surface area contributed by atoms with Crippen molar-refractivity contribution in [3.8, 4) is 0 Å². The molecule has 2 rings (SSSR count). The molecule has 2 unspecified atom stereocenters. The van der Waals surface area contributed by atoms with Gasteiger partial charge in [0, 0.05) is 30.3 Å². The zero-order chi connectivity index (χ0) is 13.0. The largest absolute Gasteiger partial charge is 0.380 e. The highest BCUT2D eigenvalue weighted by Crippen LogP contribution is 2.23. The van der Waals surface area contributed by atoms with Gasteiger partial charge in [0.2, 0.25) is 0 Å². The van der Waals surface area contributed by atoms with E-state index in [1.807, 2.05) is 24.3 Å². The van der Waals surface area contributed by atoms with E-state index in [0.717, 1.165) is 43.2 Å². The van der Waals surface area contributed by atoms with Crippen LogP contribution in [-0.4, -0.2) is 37.7 Å². The van der Waals surface area contributed by atoms with Gasteiger partial charge >= 0.3 is 0 Å². The van der Waals surface area contributed by atoms with Gasteiger partial charge in [0.15, 0.2) is 0 Å². The van der Waals surface area contributed by atoms with Gasteiger partial charge < -0.3 is 15.4 Å². The lowest BCUT2D eigenvalue weighted by atomic mass is 10.0. The topological polar surface area (TPSA) is 38.5 Å². The van der Waals surface area contributed by atoms with E-state index in [1.165, 1.54) is 0 Å². The van der Waals surface area contributed by atoms with Gasteiger partial charge in [0.05, 0.1) is 6.61 Å². The highest BCUT2D eigenvalue weighted by Gasteiger charge is 2.20. The minimum absolute atomic E-state index is 0.00321. The molecule has 1 heterocycles. The molecule has 0 bridgehead atoms. The summed E-state index contributed by atoms with van der Waals surface area (Å²) < 4.78 is 5.39. The summed E-state index contributed by atoms with van der Waals surface area (Å²) in [6.45, 7) is 2.70. The molecule has 1 aliphatic rings. The normalized spacial score (nSPS) is 21.4. The van der Waals surface area contributed by atoms with E-state index in [1.54, 1.807) is 0 Å². The zero-order valence-corrected chi connectivity index (χ0v) is 11.6. The highest BCUT2D eigenvalue weighted by molar-refractivity contribution is 6.31. The Kier molecular flexibility index (Phi) is 5.01. The van der Waals surface area contributed by atoms with Crippen molar-refractivity contribution in [2.75, 3.05) is 26.8 Å². The SMILES string of the molecule is CN(CCC(N)c1ccccc1Cl)C1CCOC1. The number of hydrogen-bond acceptors (Lipinski definition) is 3. The molecule has 0 aliphatic carbocycles. The van der Waals surface area contributed by atoms with Crippen molar-refractivity contribution in [2.45, 2.75) is 24.9 Å². The molecule has 0 spiro atoms. The second kappa shape index (κ2) is 6.53. The third-order valence-corrected chi connectivity index (χ3v) is 3.97. The minimum Gasteiger partial charge on any atom is -0.380 e. The summed E-state index contributed by atoms with van der Waals surface area (Å²) in [6.07, 6.45) is 2.04. The molecule has 0 radical (unpaired) electrons. The molecule has 0 amide bonds. The molecule has 1 fully saturated rings. The van der Waals surface area contributed by atoms with Gasteiger partial charge in [-0.05, 0) is 31.5 Å². The summed E-state index contributed by atoms with van der Waals surface area (Å²) in [5, 5.41) is 0.761. The standard InChI is InChI=1S/C14H21ClN2O/c1-17(11-7-9-18-10-11)8-6-14(16)12-4-2-3-5-13(12)15/h2-5,11,14H,6-10,16H2,1H3. The molecule has 1 saturated heterocycles. The van der Waals surface area contributed by atoms with Gasteiger partial charge in [0.1, 0.15) is 0 Å². The Morgan fingerprint density at radius 1 is 1.50 bits per heavy atom. The van der Waals surface area contributed by atoms with Crippen molar-refractivity contribution in [1.82, 2.24) is 4.90 Å². The van der Waals surface area contributed by atoms with Crippen molar-refractivity contribution in [1.29, 1.82) is 0 Å². The van der Waals surface area contributed by atoms with Gasteiger partial charge in [-0.2, -0.15) is 0 Å². The first-order valence-corrected chi connectivity index (χ1v) is 6.84. The fourth-order valence-corrected chi connectivity index (χ4v) is 2.60. The number of hydrogen-bond donors (Lipinski definition) is 1. The van der Waals surface area contributed by atoms with Crippen molar-refractivity contribution >= 4 is 11.6 Å². The van der Waals surface area contributed by atoms with Gasteiger partial charge in [-0.25, -0.2) is 0 Å². The molecule has 2 atom stereocenters. The van der Waals surface area contributed by atoms with E-state index in [-0.39, 0.29) is 6.04 Å². The Balaban J connectivity index is 1.84. The van der Waals surface area contributed by atoms with Crippen molar-refractivity contribution in [3.05, 3.63) is 34.9 Å². The Morgan fingerprint density at radius 2 is 2.28 bits per heavy atom. The molecule has 0 saturated carbocycles. The van der Waals surface area contributed by atoms with Crippen molar-refractivity contribution in [2.24, 2.45) is 5.73 Å². The molecule has 18 heavy (non-hydrogen) atoms. The van der Waals surface area contributed by atoms with Crippen molar-refractivity contribution < 1.29 is 4.74 Å². The molecular formula is C14H21ClN2O. The minimum atomic E-state index is 0.00321. The maximum absolute atomic E-state index is 6.20. The smallest absolute Gasteiger partial charge is 0.0622 e. The quantitative estimate of drug-likeness (QED) is 0.892. The van der Waals surface area contributed by atoms with Crippen LogP contribution in [0.5, 0.6) is 0 Å². The monoisotopic (exact) mass is 268 g/mol. The van der Waals surface area contributed by atoms with E-state index >= 15 is 0 Å². The fourth-order valence-electron chi connectivity index (χ4n) is 2.33. The molecule has 0 aromatic heterocycles. The molecule has 2 N–H and O–H groups in total. The third kappa shape index (κ3) is 3.45. The fraction of sp³-hybridized carbons (Fsp3) is 0.571. The predicted octanol–water partition coefficient (Wildman–Crippen LogP) is 2.45. The molecular weight excluding hydrogens is 248 g/mol. The maximum Gasteiger partial charge on any atom is 0.0622 e. The van der Waals surface area contributed by atoms with Crippen LogP contribution < -0.4 is 5.73 Å². The van der Waals surface area contributed by atoms with Crippen LogP contribution in [0.1, 0.15) is 24.4 Å². The Labute approximate surface area is 114 Å². The molecule has 1 aromatic rings. The van der Waals surface area contributed by atoms with Crippen LogP contribution in [0, 0.1) is 0 Å². The third-order valence-electron chi connectivity index (χ3n) is 3.63. The number of nitrogens with zero attached hydrogens (tertiary/aromatic N) is 1. The Morgan fingerprint density at radius 3 is 2.94 bits per heavy atom. The van der Waals surface area contributed by atoms with Crippen LogP contribution in [0.4, 0.5) is 0 Å². The summed E-state index contributed by atoms with van der Waals surface area (Å²) in [5.41, 5.74) is 7.24. The van der Waals surface area contributed by atoms with Crippen LogP contribution in [0.15, 0.2) is 24.3 Å². The second-order valence-corrected chi connectivity index (χ2v) is 5.32. The number of nitrogens with two attached hydrogens (primary N) is 1. The summed E-state index contributed by atoms with van der Waals surface area (Å²) in [4.78, 5) is 2.34. The van der Waals surface area contributed by atoms with Crippen LogP contribution in [0.2, 0.25) is 5.02 Å². The average molecular weight is 269 g/mol. The number of likely N-dealkylation sites (N-methyl/N-ethyl adjacent to an activating group) is 1. The van der Waals surface area contributed by atoms with E-state index in [9.17, 15) is 0 Å². The molecule has 3 nitrogen and oxygen atoms in total. The average Bonchev–Trinajstić information content (AvgIpc) is 2.90. The molecule has 1 aliphatic heterocycles. The zero-order valence-electron chi connectivity index (χ0n) is 10.8. The lowest BCUT2D eigenvalue weighted by molar-refractivity contribution is 0.157. The van der Waals surface area contributed by atoms with Gasteiger partial charge in [0.25, 0.3) is 0 Å². The first-order chi connectivity index (χ1) is 8.68. The number of ether oxygens (including phenoxy) is 1. The molecule has 4 heteroatoms.